The zero-order chi connectivity index (χ0) is 21.6. The Morgan fingerprint density at radius 3 is 2.40 bits per heavy atom. The highest BCUT2D eigenvalue weighted by molar-refractivity contribution is 6.14. The zero-order valence-corrected chi connectivity index (χ0v) is 17.3. The highest BCUT2D eigenvalue weighted by atomic mass is 16.7. The van der Waals surface area contributed by atoms with Crippen LogP contribution in [-0.2, 0) is 11.2 Å². The lowest BCUT2D eigenvalue weighted by molar-refractivity contribution is -0.384. The third-order valence-corrected chi connectivity index (χ3v) is 5.20. The van der Waals surface area contributed by atoms with Crippen molar-refractivity contribution < 1.29 is 19.2 Å². The molecular weight excluding hydrogens is 386 g/mol. The van der Waals surface area contributed by atoms with Gasteiger partial charge in [0.15, 0.2) is 11.5 Å². The molecule has 2 aliphatic heterocycles. The number of amides is 1. The van der Waals surface area contributed by atoms with E-state index in [9.17, 15) is 14.9 Å². The molecule has 0 aliphatic carbocycles. The Bertz CT molecular complexity index is 1050. The van der Waals surface area contributed by atoms with Crippen LogP contribution in [0.2, 0.25) is 0 Å². The van der Waals surface area contributed by atoms with E-state index in [1.54, 1.807) is 12.1 Å². The van der Waals surface area contributed by atoms with E-state index in [4.69, 9.17) is 14.6 Å². The first-order valence-corrected chi connectivity index (χ1v) is 9.75. The standard InChI is InChI=1S/C22H23N3O5/c1-13-9-15-10-18-19(30-12-29-18)11-17(15)20(23-24(13)21(26)22(2,3)4)14-5-7-16(8-6-14)25(27)28/h5-8,10-11,13H,9,12H2,1-4H3. The van der Waals surface area contributed by atoms with Crippen LogP contribution < -0.4 is 9.47 Å². The molecular formula is C22H23N3O5. The number of nitrogens with zero attached hydrogens (tertiary/aromatic N) is 3. The minimum atomic E-state index is -0.608. The Morgan fingerprint density at radius 1 is 1.17 bits per heavy atom. The Morgan fingerprint density at radius 2 is 1.80 bits per heavy atom. The van der Waals surface area contributed by atoms with Gasteiger partial charge in [0.1, 0.15) is 0 Å². The lowest BCUT2D eigenvalue weighted by atomic mass is 9.93. The fourth-order valence-corrected chi connectivity index (χ4v) is 3.58. The summed E-state index contributed by atoms with van der Waals surface area (Å²) < 4.78 is 11.1. The van der Waals surface area contributed by atoms with Gasteiger partial charge in [-0.1, -0.05) is 20.8 Å². The van der Waals surface area contributed by atoms with E-state index in [0.717, 1.165) is 11.1 Å². The van der Waals surface area contributed by atoms with Gasteiger partial charge in [-0.2, -0.15) is 5.10 Å². The van der Waals surface area contributed by atoms with E-state index in [-0.39, 0.29) is 24.4 Å². The highest BCUT2D eigenvalue weighted by Crippen LogP contribution is 2.38. The number of ether oxygens (including phenoxy) is 2. The SMILES string of the molecule is CC1Cc2cc3c(cc2C(c2ccc([N+](=O)[O-])cc2)=NN1C(=O)C(C)(C)C)OCO3. The molecule has 0 N–H and O–H groups in total. The number of carbonyl (C=O) groups excluding carboxylic acids is 1. The number of hydrogen-bond acceptors (Lipinski definition) is 6. The number of benzene rings is 2. The number of hydrazone groups is 1. The maximum absolute atomic E-state index is 13.1. The van der Waals surface area contributed by atoms with Gasteiger partial charge >= 0.3 is 0 Å². The van der Waals surface area contributed by atoms with Crippen molar-refractivity contribution in [3.63, 3.8) is 0 Å². The summed E-state index contributed by atoms with van der Waals surface area (Å²) in [7, 11) is 0. The second-order valence-corrected chi connectivity index (χ2v) is 8.57. The van der Waals surface area contributed by atoms with Crippen LogP contribution in [0.15, 0.2) is 41.5 Å². The van der Waals surface area contributed by atoms with E-state index in [1.807, 2.05) is 39.8 Å². The van der Waals surface area contributed by atoms with Crippen LogP contribution in [0.25, 0.3) is 0 Å². The number of non-ortho nitro benzene ring substituents is 1. The van der Waals surface area contributed by atoms with Crippen molar-refractivity contribution in [2.45, 2.75) is 40.2 Å². The van der Waals surface area contributed by atoms with Crippen LogP contribution in [0.3, 0.4) is 0 Å². The summed E-state index contributed by atoms with van der Waals surface area (Å²) in [5.41, 5.74) is 2.44. The molecule has 8 heteroatoms. The van der Waals surface area contributed by atoms with Gasteiger partial charge in [0, 0.05) is 28.7 Å². The average molecular weight is 409 g/mol. The summed E-state index contributed by atoms with van der Waals surface area (Å²) in [6.45, 7) is 7.69. The molecule has 1 atom stereocenters. The van der Waals surface area contributed by atoms with Gasteiger partial charge in [0.2, 0.25) is 12.7 Å². The van der Waals surface area contributed by atoms with E-state index < -0.39 is 10.3 Å². The summed E-state index contributed by atoms with van der Waals surface area (Å²) >= 11 is 0. The number of nitro groups is 1. The molecule has 30 heavy (non-hydrogen) atoms. The van der Waals surface area contributed by atoms with Gasteiger partial charge in [0.05, 0.1) is 16.7 Å². The topological polar surface area (TPSA) is 94.3 Å². The molecule has 0 fully saturated rings. The minimum Gasteiger partial charge on any atom is -0.454 e. The van der Waals surface area contributed by atoms with Crippen molar-refractivity contribution in [2.24, 2.45) is 10.5 Å². The molecule has 0 bridgehead atoms. The molecule has 0 saturated carbocycles. The van der Waals surface area contributed by atoms with Gasteiger partial charge in [-0.05, 0) is 43.2 Å². The first-order chi connectivity index (χ1) is 14.1. The number of hydrogen-bond donors (Lipinski definition) is 0. The Balaban J connectivity index is 1.89. The van der Waals surface area contributed by atoms with Crippen LogP contribution in [-0.4, -0.2) is 34.4 Å². The molecule has 8 nitrogen and oxygen atoms in total. The summed E-state index contributed by atoms with van der Waals surface area (Å²) in [5.74, 6) is 1.19. The van der Waals surface area contributed by atoms with Crippen LogP contribution in [0.1, 0.15) is 44.4 Å². The Labute approximate surface area is 174 Å². The van der Waals surface area contributed by atoms with Crippen molar-refractivity contribution in [1.82, 2.24) is 5.01 Å². The quantitative estimate of drug-likeness (QED) is 0.554. The molecule has 0 aromatic heterocycles. The first kappa shape index (κ1) is 19.9. The van der Waals surface area contributed by atoms with Gasteiger partial charge in [0.25, 0.3) is 5.69 Å². The van der Waals surface area contributed by atoms with Gasteiger partial charge in [-0.3, -0.25) is 14.9 Å². The molecule has 0 saturated heterocycles. The van der Waals surface area contributed by atoms with Crippen LogP contribution in [0.4, 0.5) is 5.69 Å². The van der Waals surface area contributed by atoms with Crippen LogP contribution in [0, 0.1) is 15.5 Å². The first-order valence-electron chi connectivity index (χ1n) is 9.75. The molecule has 2 aliphatic rings. The Kier molecular flexibility index (Phi) is 4.72. The molecule has 2 aromatic rings. The monoisotopic (exact) mass is 409 g/mol. The number of rotatable bonds is 2. The fraction of sp³-hybridized carbons (Fsp3) is 0.364. The van der Waals surface area contributed by atoms with E-state index in [2.05, 4.69) is 0 Å². The van der Waals surface area contributed by atoms with Crippen molar-refractivity contribution in [3.8, 4) is 11.5 Å². The third-order valence-electron chi connectivity index (χ3n) is 5.20. The normalized spacial score (nSPS) is 17.8. The van der Waals surface area contributed by atoms with Gasteiger partial charge in [-0.15, -0.1) is 0 Å². The number of carbonyl (C=O) groups is 1. The molecule has 0 radical (unpaired) electrons. The van der Waals surface area contributed by atoms with Crippen LogP contribution >= 0.6 is 0 Å². The summed E-state index contributed by atoms with van der Waals surface area (Å²) in [6.07, 6.45) is 0.591. The minimum absolute atomic E-state index is 0.00475. The lowest BCUT2D eigenvalue weighted by Crippen LogP contribution is -2.42. The summed E-state index contributed by atoms with van der Waals surface area (Å²) in [5, 5.41) is 17.4. The maximum atomic E-state index is 13.1. The second kappa shape index (κ2) is 7.12. The van der Waals surface area contributed by atoms with Crippen molar-refractivity contribution in [3.05, 3.63) is 63.2 Å². The molecule has 1 unspecified atom stereocenters. The predicted molar refractivity (Wildman–Crippen MR) is 111 cm³/mol. The highest BCUT2D eigenvalue weighted by Gasteiger charge is 2.34. The smallest absolute Gasteiger partial charge is 0.269 e. The molecule has 156 valence electrons. The second-order valence-electron chi connectivity index (χ2n) is 8.57. The lowest BCUT2D eigenvalue weighted by Gasteiger charge is -2.29. The van der Waals surface area contributed by atoms with E-state index in [0.29, 0.717) is 29.2 Å². The van der Waals surface area contributed by atoms with Gasteiger partial charge < -0.3 is 9.47 Å². The summed E-state index contributed by atoms with van der Waals surface area (Å²) in [6, 6.07) is 9.81. The molecule has 0 spiro atoms. The average Bonchev–Trinajstić information content (AvgIpc) is 3.09. The third kappa shape index (κ3) is 3.49. The zero-order valence-electron chi connectivity index (χ0n) is 17.3. The van der Waals surface area contributed by atoms with Gasteiger partial charge in [-0.25, -0.2) is 5.01 Å². The maximum Gasteiger partial charge on any atom is 0.269 e. The fourth-order valence-electron chi connectivity index (χ4n) is 3.58. The molecule has 4 rings (SSSR count). The van der Waals surface area contributed by atoms with E-state index >= 15 is 0 Å². The van der Waals surface area contributed by atoms with E-state index in [1.165, 1.54) is 17.1 Å². The molecule has 2 heterocycles. The molecule has 2 aromatic carbocycles. The number of fused-ring (bicyclic) bond motifs is 2. The predicted octanol–water partition coefficient (Wildman–Crippen LogP) is 3.90. The van der Waals surface area contributed by atoms with Crippen LogP contribution in [0.5, 0.6) is 11.5 Å². The van der Waals surface area contributed by atoms with Crippen molar-refractivity contribution in [2.75, 3.05) is 6.79 Å². The number of nitro benzene ring substituents is 1. The largest absolute Gasteiger partial charge is 0.454 e. The Hall–Kier alpha value is -3.42. The van der Waals surface area contributed by atoms with Crippen molar-refractivity contribution in [1.29, 1.82) is 0 Å². The van der Waals surface area contributed by atoms with Crippen molar-refractivity contribution >= 4 is 17.3 Å². The molecule has 1 amide bonds. The summed E-state index contributed by atoms with van der Waals surface area (Å²) in [4.78, 5) is 23.7.